The standard InChI is InChI=1S/C14H21N5O2/c1-9(2)4-11-5-12(18-17-11)14(21)15-7-13(20)10-6-16-19(3)8-10/h5-6,8-9,13,20H,4,7H2,1-3H3,(H,15,21)(H,17,18)/t13-/m1/s1. The van der Waals surface area contributed by atoms with Crippen LogP contribution < -0.4 is 5.32 Å². The number of amides is 1. The molecule has 0 spiro atoms. The second-order valence-electron chi connectivity index (χ2n) is 5.55. The van der Waals surface area contributed by atoms with Gasteiger partial charge in [0.05, 0.1) is 12.3 Å². The van der Waals surface area contributed by atoms with Gasteiger partial charge in [0.1, 0.15) is 5.69 Å². The number of nitrogens with zero attached hydrogens (tertiary/aromatic N) is 3. The molecule has 0 aliphatic rings. The van der Waals surface area contributed by atoms with E-state index in [1.54, 1.807) is 30.2 Å². The third kappa shape index (κ3) is 4.16. The molecule has 2 aromatic rings. The molecule has 1 atom stereocenters. The molecular weight excluding hydrogens is 270 g/mol. The van der Waals surface area contributed by atoms with Crippen LogP contribution >= 0.6 is 0 Å². The fourth-order valence-corrected chi connectivity index (χ4v) is 2.03. The number of hydrogen-bond donors (Lipinski definition) is 3. The number of aromatic amines is 1. The van der Waals surface area contributed by atoms with Gasteiger partial charge in [-0.05, 0) is 18.4 Å². The molecule has 2 rings (SSSR count). The van der Waals surface area contributed by atoms with E-state index in [1.165, 1.54) is 0 Å². The minimum absolute atomic E-state index is 0.122. The van der Waals surface area contributed by atoms with Gasteiger partial charge in [0.2, 0.25) is 0 Å². The third-order valence-electron chi connectivity index (χ3n) is 3.06. The van der Waals surface area contributed by atoms with Gasteiger partial charge in [-0.2, -0.15) is 10.2 Å². The van der Waals surface area contributed by atoms with Crippen LogP contribution in [0.2, 0.25) is 0 Å². The molecule has 0 bridgehead atoms. The van der Waals surface area contributed by atoms with Crippen LogP contribution in [-0.4, -0.2) is 37.5 Å². The Hall–Kier alpha value is -2.15. The van der Waals surface area contributed by atoms with E-state index in [-0.39, 0.29) is 12.5 Å². The van der Waals surface area contributed by atoms with Gasteiger partial charge in [0, 0.05) is 31.0 Å². The first-order chi connectivity index (χ1) is 9.95. The van der Waals surface area contributed by atoms with Crippen molar-refractivity contribution in [1.29, 1.82) is 0 Å². The van der Waals surface area contributed by atoms with Crippen molar-refractivity contribution in [3.8, 4) is 0 Å². The van der Waals surface area contributed by atoms with Crippen LogP contribution in [0.3, 0.4) is 0 Å². The SMILES string of the molecule is CC(C)Cc1cc(C(=O)NC[C@@H](O)c2cnn(C)c2)n[nH]1. The zero-order valence-corrected chi connectivity index (χ0v) is 12.5. The molecule has 0 saturated carbocycles. The maximum atomic E-state index is 12.0. The Morgan fingerprint density at radius 3 is 2.90 bits per heavy atom. The number of aromatic nitrogens is 4. The molecule has 114 valence electrons. The van der Waals surface area contributed by atoms with E-state index in [2.05, 4.69) is 34.5 Å². The Balaban J connectivity index is 1.88. The smallest absolute Gasteiger partial charge is 0.271 e. The number of aliphatic hydroxyl groups excluding tert-OH is 1. The summed E-state index contributed by atoms with van der Waals surface area (Å²) < 4.78 is 1.60. The molecule has 0 fully saturated rings. The second kappa shape index (κ2) is 6.53. The molecule has 0 saturated heterocycles. The van der Waals surface area contributed by atoms with Gasteiger partial charge in [-0.3, -0.25) is 14.6 Å². The van der Waals surface area contributed by atoms with Gasteiger partial charge in [-0.25, -0.2) is 0 Å². The molecule has 21 heavy (non-hydrogen) atoms. The van der Waals surface area contributed by atoms with Crippen molar-refractivity contribution < 1.29 is 9.90 Å². The number of aryl methyl sites for hydroxylation is 1. The highest BCUT2D eigenvalue weighted by molar-refractivity contribution is 5.92. The predicted molar refractivity (Wildman–Crippen MR) is 77.6 cm³/mol. The highest BCUT2D eigenvalue weighted by Crippen LogP contribution is 2.10. The molecule has 0 unspecified atom stereocenters. The van der Waals surface area contributed by atoms with Crippen LogP contribution in [0.5, 0.6) is 0 Å². The summed E-state index contributed by atoms with van der Waals surface area (Å²) >= 11 is 0. The lowest BCUT2D eigenvalue weighted by molar-refractivity contribution is 0.0911. The Kier molecular flexibility index (Phi) is 4.74. The maximum absolute atomic E-state index is 12.0. The Bertz CT molecular complexity index is 602. The van der Waals surface area contributed by atoms with E-state index >= 15 is 0 Å². The van der Waals surface area contributed by atoms with Crippen molar-refractivity contribution in [2.75, 3.05) is 6.54 Å². The minimum Gasteiger partial charge on any atom is -0.386 e. The maximum Gasteiger partial charge on any atom is 0.271 e. The number of rotatable bonds is 6. The summed E-state index contributed by atoms with van der Waals surface area (Å²) in [6.07, 6.45) is 3.35. The normalized spacial score (nSPS) is 12.6. The van der Waals surface area contributed by atoms with Crippen LogP contribution in [0, 0.1) is 5.92 Å². The van der Waals surface area contributed by atoms with E-state index in [1.807, 2.05) is 0 Å². The van der Waals surface area contributed by atoms with Crippen molar-refractivity contribution in [2.24, 2.45) is 13.0 Å². The van der Waals surface area contributed by atoms with Crippen molar-refractivity contribution in [2.45, 2.75) is 26.4 Å². The number of carbonyl (C=O) groups excluding carboxylic acids is 1. The van der Waals surface area contributed by atoms with Gasteiger partial charge >= 0.3 is 0 Å². The van der Waals surface area contributed by atoms with Gasteiger partial charge in [-0.15, -0.1) is 0 Å². The molecule has 7 nitrogen and oxygen atoms in total. The quantitative estimate of drug-likeness (QED) is 0.733. The first kappa shape index (κ1) is 15.2. The zero-order valence-electron chi connectivity index (χ0n) is 12.5. The molecule has 0 aliphatic heterocycles. The van der Waals surface area contributed by atoms with Crippen molar-refractivity contribution in [1.82, 2.24) is 25.3 Å². The molecule has 1 amide bonds. The summed E-state index contributed by atoms with van der Waals surface area (Å²) in [5.41, 5.74) is 1.94. The highest BCUT2D eigenvalue weighted by atomic mass is 16.3. The minimum atomic E-state index is -0.781. The second-order valence-corrected chi connectivity index (χ2v) is 5.55. The van der Waals surface area contributed by atoms with Gasteiger partial charge in [0.25, 0.3) is 5.91 Å². The molecule has 0 aliphatic carbocycles. The fraction of sp³-hybridized carbons (Fsp3) is 0.500. The first-order valence-electron chi connectivity index (χ1n) is 6.94. The summed E-state index contributed by atoms with van der Waals surface area (Å²) in [6.45, 7) is 4.33. The van der Waals surface area contributed by atoms with Crippen molar-refractivity contribution >= 4 is 5.91 Å². The first-order valence-corrected chi connectivity index (χ1v) is 6.94. The Labute approximate surface area is 123 Å². The lowest BCUT2D eigenvalue weighted by Crippen LogP contribution is -2.28. The number of H-pyrrole nitrogens is 1. The lowest BCUT2D eigenvalue weighted by atomic mass is 10.1. The lowest BCUT2D eigenvalue weighted by Gasteiger charge is -2.08. The number of carbonyl (C=O) groups is 1. The predicted octanol–water partition coefficient (Wildman–Crippen LogP) is 0.805. The van der Waals surface area contributed by atoms with Crippen LogP contribution in [0.4, 0.5) is 0 Å². The van der Waals surface area contributed by atoms with Gasteiger partial charge in [0.15, 0.2) is 0 Å². The monoisotopic (exact) mass is 291 g/mol. The Morgan fingerprint density at radius 1 is 1.52 bits per heavy atom. The van der Waals surface area contributed by atoms with Gasteiger partial charge in [-0.1, -0.05) is 13.8 Å². The van der Waals surface area contributed by atoms with E-state index in [4.69, 9.17) is 0 Å². The van der Waals surface area contributed by atoms with Crippen LogP contribution in [0.15, 0.2) is 18.5 Å². The summed E-state index contributed by atoms with van der Waals surface area (Å²) in [6, 6.07) is 1.74. The molecule has 7 heteroatoms. The molecule has 2 aromatic heterocycles. The number of hydrogen-bond acceptors (Lipinski definition) is 4. The van der Waals surface area contributed by atoms with Crippen LogP contribution in [0.25, 0.3) is 0 Å². The summed E-state index contributed by atoms with van der Waals surface area (Å²) in [5.74, 6) is 0.193. The topological polar surface area (TPSA) is 95.8 Å². The number of aliphatic hydroxyl groups is 1. The summed E-state index contributed by atoms with van der Waals surface area (Å²) in [7, 11) is 1.77. The fourth-order valence-electron chi connectivity index (χ4n) is 2.03. The molecule has 0 radical (unpaired) electrons. The van der Waals surface area contributed by atoms with E-state index in [9.17, 15) is 9.90 Å². The molecule has 0 aromatic carbocycles. The van der Waals surface area contributed by atoms with Gasteiger partial charge < -0.3 is 10.4 Å². The molecular formula is C14H21N5O2. The summed E-state index contributed by atoms with van der Waals surface area (Å²) in [5, 5.41) is 23.4. The van der Waals surface area contributed by atoms with Crippen LogP contribution in [-0.2, 0) is 13.5 Å². The van der Waals surface area contributed by atoms with E-state index < -0.39 is 6.10 Å². The highest BCUT2D eigenvalue weighted by Gasteiger charge is 2.14. The van der Waals surface area contributed by atoms with E-state index in [0.717, 1.165) is 12.1 Å². The average Bonchev–Trinajstić information content (AvgIpc) is 3.04. The zero-order chi connectivity index (χ0) is 15.4. The van der Waals surface area contributed by atoms with Crippen molar-refractivity contribution in [3.05, 3.63) is 35.4 Å². The Morgan fingerprint density at radius 2 is 2.29 bits per heavy atom. The van der Waals surface area contributed by atoms with E-state index in [0.29, 0.717) is 17.2 Å². The third-order valence-corrected chi connectivity index (χ3v) is 3.06. The summed E-state index contributed by atoms with van der Waals surface area (Å²) in [4.78, 5) is 12.0. The van der Waals surface area contributed by atoms with Crippen LogP contribution in [0.1, 0.15) is 41.7 Å². The molecule has 3 N–H and O–H groups in total. The van der Waals surface area contributed by atoms with Crippen molar-refractivity contribution in [3.63, 3.8) is 0 Å². The number of nitrogens with one attached hydrogen (secondary N) is 2. The molecule has 2 heterocycles. The largest absolute Gasteiger partial charge is 0.386 e. The average molecular weight is 291 g/mol.